The Morgan fingerprint density at radius 1 is 1.09 bits per heavy atom. The third-order valence-electron chi connectivity index (χ3n) is 13.1. The fourth-order valence-corrected chi connectivity index (χ4v) is 10.5. The standard InChI is InChI=1S/C36H47NO6/c1-21(30-19-35(7)32(3,4)42-36(41-30,43-35)23-9-8-16-37-20-23)26-10-11-27-31-28(13-15-34(26,27)6)33(5)14-12-25(39)17-24(33)18-29(31)40-22(2)38/h8-9,12,14,16-17,20-21,26-31H,10-11,13,15,18-19H2,1-7H3. The van der Waals surface area contributed by atoms with Gasteiger partial charge in [0.15, 0.2) is 5.78 Å². The van der Waals surface area contributed by atoms with Crippen molar-refractivity contribution < 1.29 is 28.5 Å². The molecule has 1 aromatic rings. The van der Waals surface area contributed by atoms with E-state index in [4.69, 9.17) is 18.9 Å². The van der Waals surface area contributed by atoms with Crippen LogP contribution in [0.2, 0.25) is 0 Å². The molecule has 0 spiro atoms. The number of ketones is 1. The summed E-state index contributed by atoms with van der Waals surface area (Å²) >= 11 is 0. The second kappa shape index (κ2) is 9.58. The van der Waals surface area contributed by atoms with Gasteiger partial charge in [0.1, 0.15) is 11.7 Å². The van der Waals surface area contributed by atoms with E-state index in [0.717, 1.165) is 43.2 Å². The van der Waals surface area contributed by atoms with Crippen LogP contribution in [0.15, 0.2) is 48.3 Å². The number of carbonyl (C=O) groups excluding carboxylic acids is 2. The Hall–Kier alpha value is -2.35. The van der Waals surface area contributed by atoms with Gasteiger partial charge in [-0.15, -0.1) is 0 Å². The van der Waals surface area contributed by atoms with Gasteiger partial charge >= 0.3 is 11.9 Å². The number of esters is 1. The smallest absolute Gasteiger partial charge is 0.315 e. The number of hydrogen-bond donors (Lipinski definition) is 0. The fourth-order valence-electron chi connectivity index (χ4n) is 10.5. The largest absolute Gasteiger partial charge is 0.462 e. The van der Waals surface area contributed by atoms with Gasteiger partial charge in [0.25, 0.3) is 0 Å². The van der Waals surface area contributed by atoms with Crippen molar-refractivity contribution in [3.63, 3.8) is 0 Å². The zero-order valence-electron chi connectivity index (χ0n) is 26.7. The number of ether oxygens (including phenoxy) is 4. The van der Waals surface area contributed by atoms with Crippen LogP contribution in [0.1, 0.15) is 92.6 Å². The van der Waals surface area contributed by atoms with Gasteiger partial charge in [-0.2, -0.15) is 0 Å². The molecule has 2 aliphatic heterocycles. The molecule has 11 unspecified atom stereocenters. The summed E-state index contributed by atoms with van der Waals surface area (Å²) in [5.74, 6) is 0.286. The molecular formula is C36H47NO6. The molecular weight excluding hydrogens is 542 g/mol. The lowest BCUT2D eigenvalue weighted by Crippen LogP contribution is -2.57. The van der Waals surface area contributed by atoms with E-state index in [2.05, 4.69) is 52.6 Å². The highest BCUT2D eigenvalue weighted by Crippen LogP contribution is 2.68. The van der Waals surface area contributed by atoms with Crippen molar-refractivity contribution in [3.05, 3.63) is 53.9 Å². The van der Waals surface area contributed by atoms with Gasteiger partial charge in [0.2, 0.25) is 0 Å². The summed E-state index contributed by atoms with van der Waals surface area (Å²) in [7, 11) is 0. The summed E-state index contributed by atoms with van der Waals surface area (Å²) in [6.45, 7) is 15.0. The van der Waals surface area contributed by atoms with Gasteiger partial charge in [-0.25, -0.2) is 0 Å². The third kappa shape index (κ3) is 4.20. The molecule has 232 valence electrons. The fraction of sp³-hybridized carbons (Fsp3) is 0.694. The van der Waals surface area contributed by atoms with E-state index in [9.17, 15) is 9.59 Å². The first kappa shape index (κ1) is 29.4. The molecule has 0 N–H and O–H groups in total. The molecule has 4 aliphatic carbocycles. The Kier molecular flexibility index (Phi) is 6.54. The Labute approximate surface area is 255 Å². The molecule has 7 rings (SSSR count). The minimum atomic E-state index is -1.27. The second-order valence-electron chi connectivity index (χ2n) is 15.5. The van der Waals surface area contributed by atoms with E-state index in [1.807, 2.05) is 12.1 Å². The van der Waals surface area contributed by atoms with Crippen LogP contribution >= 0.6 is 0 Å². The monoisotopic (exact) mass is 589 g/mol. The highest BCUT2D eigenvalue weighted by atomic mass is 16.9. The molecule has 3 heterocycles. The van der Waals surface area contributed by atoms with Gasteiger partial charge in [-0.1, -0.05) is 32.4 Å². The molecule has 2 bridgehead atoms. The van der Waals surface area contributed by atoms with Crippen molar-refractivity contribution in [1.82, 2.24) is 4.98 Å². The van der Waals surface area contributed by atoms with Crippen molar-refractivity contribution in [2.45, 2.75) is 116 Å². The van der Waals surface area contributed by atoms with Crippen LogP contribution in [0.4, 0.5) is 0 Å². The molecule has 43 heavy (non-hydrogen) atoms. The number of nitrogens with zero attached hydrogens (tertiary/aromatic N) is 1. The zero-order chi connectivity index (χ0) is 30.6. The minimum absolute atomic E-state index is 0.0400. The van der Waals surface area contributed by atoms with Gasteiger partial charge in [0, 0.05) is 43.5 Å². The van der Waals surface area contributed by atoms with Crippen LogP contribution in [0.25, 0.3) is 0 Å². The van der Waals surface area contributed by atoms with Crippen LogP contribution in [-0.4, -0.2) is 40.1 Å². The van der Waals surface area contributed by atoms with Crippen molar-refractivity contribution in [1.29, 1.82) is 0 Å². The summed E-state index contributed by atoms with van der Waals surface area (Å²) in [4.78, 5) is 29.1. The van der Waals surface area contributed by atoms with Crippen molar-refractivity contribution in [3.8, 4) is 0 Å². The van der Waals surface area contributed by atoms with E-state index < -0.39 is 17.2 Å². The van der Waals surface area contributed by atoms with Crippen molar-refractivity contribution in [2.24, 2.45) is 40.4 Å². The van der Waals surface area contributed by atoms with E-state index in [1.54, 1.807) is 24.5 Å². The van der Waals surface area contributed by atoms with Crippen LogP contribution in [0, 0.1) is 40.4 Å². The topological polar surface area (TPSA) is 84.0 Å². The summed E-state index contributed by atoms with van der Waals surface area (Å²) in [5, 5.41) is 0. The molecule has 0 radical (unpaired) electrons. The van der Waals surface area contributed by atoms with E-state index in [0.29, 0.717) is 24.2 Å². The van der Waals surface area contributed by atoms with Crippen molar-refractivity contribution >= 4 is 11.8 Å². The lowest BCUT2D eigenvalue weighted by atomic mass is 9.46. The number of rotatable bonds is 4. The SMILES string of the molecule is CC(=O)OC1CC2=CC(=O)C=CC2(C)C2CCC3(C)C(C(C)C4CC5(C)OC(c6cccnc6)(O4)OC5(C)C)CCC3C12. The average Bonchev–Trinajstić information content (AvgIpc) is 3.36. The third-order valence-corrected chi connectivity index (χ3v) is 13.1. The number of hydrogen-bond acceptors (Lipinski definition) is 7. The summed E-state index contributed by atoms with van der Waals surface area (Å²) < 4.78 is 26.4. The number of pyridine rings is 1. The molecule has 7 heteroatoms. The highest BCUT2D eigenvalue weighted by Gasteiger charge is 2.68. The molecule has 11 atom stereocenters. The van der Waals surface area contributed by atoms with E-state index in [1.165, 1.54) is 6.92 Å². The molecule has 1 aromatic heterocycles. The lowest BCUT2D eigenvalue weighted by Gasteiger charge is -2.59. The number of carbonyl (C=O) groups is 2. The zero-order valence-corrected chi connectivity index (χ0v) is 26.7. The first-order valence-electron chi connectivity index (χ1n) is 16.3. The van der Waals surface area contributed by atoms with Crippen LogP contribution in [0.5, 0.6) is 0 Å². The van der Waals surface area contributed by atoms with Gasteiger partial charge < -0.3 is 18.9 Å². The molecule has 0 amide bonds. The molecule has 2 saturated heterocycles. The summed E-state index contributed by atoms with van der Waals surface area (Å²) in [5.41, 5.74) is 0.791. The van der Waals surface area contributed by atoms with E-state index in [-0.39, 0.29) is 46.6 Å². The lowest BCUT2D eigenvalue weighted by molar-refractivity contribution is -0.407. The Morgan fingerprint density at radius 3 is 2.60 bits per heavy atom. The second-order valence-corrected chi connectivity index (χ2v) is 15.5. The van der Waals surface area contributed by atoms with Gasteiger partial charge in [0.05, 0.1) is 17.3 Å². The van der Waals surface area contributed by atoms with Crippen LogP contribution in [-0.2, 0) is 34.5 Å². The molecule has 7 nitrogen and oxygen atoms in total. The first-order chi connectivity index (χ1) is 20.2. The molecule has 3 saturated carbocycles. The molecule has 5 fully saturated rings. The number of allylic oxidation sites excluding steroid dienone is 3. The first-order valence-corrected chi connectivity index (χ1v) is 16.3. The van der Waals surface area contributed by atoms with Gasteiger partial charge in [-0.05, 0) is 99.8 Å². The predicted octanol–water partition coefficient (Wildman–Crippen LogP) is 6.67. The Morgan fingerprint density at radius 2 is 1.88 bits per heavy atom. The van der Waals surface area contributed by atoms with Crippen LogP contribution in [0.3, 0.4) is 0 Å². The Balaban J connectivity index is 1.20. The highest BCUT2D eigenvalue weighted by molar-refractivity contribution is 6.01. The number of fused-ring (bicyclic) bond motifs is 7. The minimum Gasteiger partial charge on any atom is -0.462 e. The predicted molar refractivity (Wildman–Crippen MR) is 160 cm³/mol. The quantitative estimate of drug-likeness (QED) is 0.363. The Bertz CT molecular complexity index is 1380. The number of aromatic nitrogens is 1. The molecule has 6 aliphatic rings. The maximum absolute atomic E-state index is 12.4. The van der Waals surface area contributed by atoms with E-state index >= 15 is 0 Å². The summed E-state index contributed by atoms with van der Waals surface area (Å²) in [6.07, 6.45) is 14.8. The maximum atomic E-state index is 12.4. The van der Waals surface area contributed by atoms with Crippen LogP contribution < -0.4 is 0 Å². The maximum Gasteiger partial charge on any atom is 0.315 e. The van der Waals surface area contributed by atoms with Gasteiger partial charge in [-0.3, -0.25) is 14.6 Å². The average molecular weight is 590 g/mol. The normalized spacial score (nSPS) is 46.8. The summed E-state index contributed by atoms with van der Waals surface area (Å²) in [6, 6.07) is 3.88. The molecule has 0 aromatic carbocycles. The van der Waals surface area contributed by atoms with Crippen molar-refractivity contribution in [2.75, 3.05) is 0 Å².